The predicted molar refractivity (Wildman–Crippen MR) is 111 cm³/mol. The lowest BCUT2D eigenvalue weighted by molar-refractivity contribution is 0.101. The zero-order valence-electron chi connectivity index (χ0n) is 15.5. The van der Waals surface area contributed by atoms with Crippen molar-refractivity contribution in [3.63, 3.8) is 0 Å². The van der Waals surface area contributed by atoms with Crippen LogP contribution >= 0.6 is 11.8 Å². The van der Waals surface area contributed by atoms with Crippen LogP contribution in [0.15, 0.2) is 64.4 Å². The van der Waals surface area contributed by atoms with Crippen LogP contribution in [-0.4, -0.2) is 21.8 Å². The summed E-state index contributed by atoms with van der Waals surface area (Å²) in [6.07, 6.45) is 4.28. The fourth-order valence-corrected chi connectivity index (χ4v) is 3.49. The third kappa shape index (κ3) is 3.95. The molecule has 1 heterocycles. The van der Waals surface area contributed by atoms with Crippen molar-refractivity contribution < 1.29 is 4.79 Å². The van der Waals surface area contributed by atoms with E-state index in [0.717, 1.165) is 21.8 Å². The number of thioether (sulfide) groups is 1. The first-order valence-electron chi connectivity index (χ1n) is 8.67. The Morgan fingerprint density at radius 1 is 1.15 bits per heavy atom. The van der Waals surface area contributed by atoms with E-state index < -0.39 is 0 Å². The molecule has 0 fully saturated rings. The van der Waals surface area contributed by atoms with E-state index in [0.29, 0.717) is 17.7 Å². The minimum atomic E-state index is -0.227. The Morgan fingerprint density at radius 3 is 2.59 bits per heavy atom. The molecule has 0 saturated carbocycles. The first-order chi connectivity index (χ1) is 13.0. The molecule has 1 N–H and O–H groups in total. The highest BCUT2D eigenvalue weighted by Gasteiger charge is 2.16. The van der Waals surface area contributed by atoms with Crippen LogP contribution in [0.5, 0.6) is 0 Å². The molecule has 27 heavy (non-hydrogen) atoms. The van der Waals surface area contributed by atoms with Gasteiger partial charge >= 0.3 is 0 Å². The van der Waals surface area contributed by atoms with Gasteiger partial charge in [0.05, 0.1) is 11.4 Å². The van der Waals surface area contributed by atoms with Crippen molar-refractivity contribution in [2.75, 3.05) is 11.6 Å². The van der Waals surface area contributed by atoms with Crippen LogP contribution < -0.4 is 10.9 Å². The number of nitrogens with zero attached hydrogens (tertiary/aromatic N) is 2. The summed E-state index contributed by atoms with van der Waals surface area (Å²) in [5, 5.41) is 7.56. The van der Waals surface area contributed by atoms with Crippen LogP contribution in [0.25, 0.3) is 5.69 Å². The molecule has 0 bridgehead atoms. The molecule has 3 aromatic rings. The average Bonchev–Trinajstić information content (AvgIpc) is 2.68. The van der Waals surface area contributed by atoms with Gasteiger partial charge in [-0.1, -0.05) is 19.1 Å². The van der Waals surface area contributed by atoms with Crippen molar-refractivity contribution in [1.82, 2.24) is 9.78 Å². The van der Waals surface area contributed by atoms with Gasteiger partial charge in [-0.2, -0.15) is 9.78 Å². The van der Waals surface area contributed by atoms with Gasteiger partial charge in [-0.25, -0.2) is 0 Å². The van der Waals surface area contributed by atoms with E-state index in [1.807, 2.05) is 43.5 Å². The highest BCUT2D eigenvalue weighted by molar-refractivity contribution is 7.98. The lowest BCUT2D eigenvalue weighted by Gasteiger charge is -2.17. The molecule has 0 radical (unpaired) electrons. The summed E-state index contributed by atoms with van der Waals surface area (Å²) >= 11 is 1.64. The van der Waals surface area contributed by atoms with Crippen LogP contribution in [0.3, 0.4) is 0 Å². The summed E-state index contributed by atoms with van der Waals surface area (Å²) in [4.78, 5) is 25.6. The fourth-order valence-electron chi connectivity index (χ4n) is 2.94. The molecule has 1 aromatic heterocycles. The molecule has 3 rings (SSSR count). The van der Waals surface area contributed by atoms with E-state index in [-0.39, 0.29) is 11.3 Å². The van der Waals surface area contributed by atoms with Gasteiger partial charge in [-0.3, -0.25) is 9.59 Å². The van der Waals surface area contributed by atoms with Gasteiger partial charge < -0.3 is 5.32 Å². The number of aromatic nitrogens is 2. The van der Waals surface area contributed by atoms with Crippen molar-refractivity contribution in [3.8, 4) is 5.69 Å². The maximum Gasteiger partial charge on any atom is 0.271 e. The van der Waals surface area contributed by atoms with Gasteiger partial charge in [0, 0.05) is 28.4 Å². The van der Waals surface area contributed by atoms with Crippen molar-refractivity contribution >= 4 is 28.9 Å². The zero-order valence-corrected chi connectivity index (χ0v) is 16.3. The molecular formula is C21H21N3O2S. The number of benzene rings is 2. The summed E-state index contributed by atoms with van der Waals surface area (Å²) in [6, 6.07) is 14.7. The number of hydrogen-bond donors (Lipinski definition) is 1. The molecular weight excluding hydrogens is 358 g/mol. The van der Waals surface area contributed by atoms with Crippen LogP contribution in [0, 0.1) is 0 Å². The summed E-state index contributed by atoms with van der Waals surface area (Å²) in [7, 11) is 0. The smallest absolute Gasteiger partial charge is 0.271 e. The summed E-state index contributed by atoms with van der Waals surface area (Å²) in [5.74, 6) is -0.0768. The highest BCUT2D eigenvalue weighted by atomic mass is 32.2. The topological polar surface area (TPSA) is 64.0 Å². The molecule has 0 spiro atoms. The number of rotatable bonds is 6. The second kappa shape index (κ2) is 8.22. The maximum atomic E-state index is 12.3. The number of anilines is 2. The van der Waals surface area contributed by atoms with E-state index in [1.165, 1.54) is 17.7 Å². The van der Waals surface area contributed by atoms with Crippen molar-refractivity contribution in [1.29, 1.82) is 0 Å². The summed E-state index contributed by atoms with van der Waals surface area (Å²) in [6.45, 7) is 3.54. The molecule has 2 aromatic carbocycles. The number of ketones is 1. The molecule has 0 aliphatic carbocycles. The number of nitrogens with one attached hydrogen (secondary N) is 1. The first-order valence-corrected chi connectivity index (χ1v) is 9.90. The molecule has 0 aliphatic rings. The molecule has 5 nitrogen and oxygen atoms in total. The highest BCUT2D eigenvalue weighted by Crippen LogP contribution is 2.31. The van der Waals surface area contributed by atoms with Gasteiger partial charge in [-0.05, 0) is 55.5 Å². The quantitative estimate of drug-likeness (QED) is 0.506. The molecule has 0 unspecified atom stereocenters. The second-order valence-corrected chi connectivity index (χ2v) is 6.88. The zero-order chi connectivity index (χ0) is 19.4. The van der Waals surface area contributed by atoms with Crippen LogP contribution in [-0.2, 0) is 6.42 Å². The second-order valence-electron chi connectivity index (χ2n) is 6.04. The van der Waals surface area contributed by atoms with Crippen molar-refractivity contribution in [2.45, 2.75) is 25.2 Å². The normalized spacial score (nSPS) is 10.6. The van der Waals surface area contributed by atoms with E-state index in [1.54, 1.807) is 30.1 Å². The molecule has 0 atom stereocenters. The monoisotopic (exact) mass is 379 g/mol. The lowest BCUT2D eigenvalue weighted by atomic mass is 10.0. The number of para-hydroxylation sites is 1. The lowest BCUT2D eigenvalue weighted by Crippen LogP contribution is -2.21. The molecule has 138 valence electrons. The minimum Gasteiger partial charge on any atom is -0.354 e. The number of hydrogen-bond acceptors (Lipinski definition) is 5. The van der Waals surface area contributed by atoms with E-state index in [2.05, 4.69) is 10.4 Å². The summed E-state index contributed by atoms with van der Waals surface area (Å²) < 4.78 is 1.34. The van der Waals surface area contributed by atoms with Crippen LogP contribution in [0.4, 0.5) is 11.4 Å². The number of carbonyl (C=O) groups is 1. The molecule has 0 aliphatic heterocycles. The van der Waals surface area contributed by atoms with Crippen LogP contribution in [0.1, 0.15) is 29.8 Å². The van der Waals surface area contributed by atoms with Gasteiger partial charge in [-0.15, -0.1) is 11.8 Å². The Balaban J connectivity index is 2.17. The predicted octanol–water partition coefficient (Wildman–Crippen LogP) is 4.46. The maximum absolute atomic E-state index is 12.3. The standard InChI is InChI=1S/C21H21N3O2S/c1-4-15-12-18(23-17-8-5-6-9-20(17)27-3)16(14(2)25)13-19(15)24-21(26)10-7-11-22-24/h5-13,23H,4H2,1-3H3. The number of aryl methyl sites for hydroxylation is 1. The third-order valence-corrected chi connectivity index (χ3v) is 5.10. The van der Waals surface area contributed by atoms with Gasteiger partial charge in [0.15, 0.2) is 5.78 Å². The third-order valence-electron chi connectivity index (χ3n) is 4.30. The Hall–Kier alpha value is -2.86. The van der Waals surface area contributed by atoms with E-state index in [4.69, 9.17) is 0 Å². The number of Topliss-reactive ketones (excluding diaryl/α,β-unsaturated/α-hetero) is 1. The molecule has 0 saturated heterocycles. The van der Waals surface area contributed by atoms with E-state index >= 15 is 0 Å². The Kier molecular flexibility index (Phi) is 5.76. The fraction of sp³-hybridized carbons (Fsp3) is 0.190. The Morgan fingerprint density at radius 2 is 1.93 bits per heavy atom. The SMILES string of the molecule is CCc1cc(Nc2ccccc2SC)c(C(C)=O)cc1-n1ncccc1=O. The van der Waals surface area contributed by atoms with E-state index in [9.17, 15) is 9.59 Å². The van der Waals surface area contributed by atoms with Gasteiger partial charge in [0.1, 0.15) is 0 Å². The largest absolute Gasteiger partial charge is 0.354 e. The molecule has 6 heteroatoms. The van der Waals surface area contributed by atoms with Gasteiger partial charge in [0.2, 0.25) is 0 Å². The van der Waals surface area contributed by atoms with Gasteiger partial charge in [0.25, 0.3) is 5.56 Å². The average molecular weight is 379 g/mol. The summed E-state index contributed by atoms with van der Waals surface area (Å²) in [5.41, 5.74) is 3.54. The Labute approximate surface area is 162 Å². The molecule has 0 amide bonds. The number of carbonyl (C=O) groups excluding carboxylic acids is 1. The minimum absolute atomic E-state index is 0.0768. The van der Waals surface area contributed by atoms with Crippen molar-refractivity contribution in [2.24, 2.45) is 0 Å². The Bertz CT molecular complexity index is 1040. The first kappa shape index (κ1) is 18.9. The van der Waals surface area contributed by atoms with Crippen LogP contribution in [0.2, 0.25) is 0 Å². The van der Waals surface area contributed by atoms with Crippen molar-refractivity contribution in [3.05, 3.63) is 76.2 Å².